The van der Waals surface area contributed by atoms with Crippen molar-refractivity contribution in [1.29, 1.82) is 0 Å². The van der Waals surface area contributed by atoms with Crippen molar-refractivity contribution in [3.05, 3.63) is 0 Å². The van der Waals surface area contributed by atoms with Gasteiger partial charge in [-0.2, -0.15) is 0 Å². The number of rotatable bonds is 32. The van der Waals surface area contributed by atoms with Crippen LogP contribution in [0.15, 0.2) is 0 Å². The molecule has 11 heteroatoms. The molecule has 0 amide bonds. The molecule has 0 radical (unpaired) electrons. The molecule has 35 heavy (non-hydrogen) atoms. The fourth-order valence-electron chi connectivity index (χ4n) is 2.37. The van der Waals surface area contributed by atoms with Gasteiger partial charge in [0.15, 0.2) is 0 Å². The molecule has 0 N–H and O–H groups in total. The molecule has 0 fully saturated rings. The lowest BCUT2D eigenvalue weighted by Gasteiger charge is -2.09. The second kappa shape index (κ2) is 33.6. The predicted octanol–water partition coefficient (Wildman–Crippen LogP) is 1.21. The minimum Gasteiger partial charge on any atom is -0.382 e. The van der Waals surface area contributed by atoms with Crippen molar-refractivity contribution in [2.45, 2.75) is 13.3 Å². The molecule has 0 saturated carbocycles. The first-order valence-electron chi connectivity index (χ1n) is 12.7. The van der Waals surface area contributed by atoms with Gasteiger partial charge in [0.05, 0.1) is 132 Å². The molecule has 0 unspecified atom stereocenters. The van der Waals surface area contributed by atoms with Crippen LogP contribution in [0.2, 0.25) is 0 Å². The lowest BCUT2D eigenvalue weighted by Crippen LogP contribution is -2.15. The number of ether oxygens (including phenoxy) is 11. The summed E-state index contributed by atoms with van der Waals surface area (Å²) in [6, 6.07) is 0. The quantitative estimate of drug-likeness (QED) is 0.121. The second-order valence-corrected chi connectivity index (χ2v) is 7.12. The Hall–Kier alpha value is -0.440. The van der Waals surface area contributed by atoms with E-state index in [-0.39, 0.29) is 0 Å². The van der Waals surface area contributed by atoms with Crippen LogP contribution in [-0.2, 0) is 52.1 Å². The first-order valence-corrected chi connectivity index (χ1v) is 12.7. The van der Waals surface area contributed by atoms with Crippen molar-refractivity contribution in [1.82, 2.24) is 0 Å². The van der Waals surface area contributed by atoms with Gasteiger partial charge in [-0.05, 0) is 6.42 Å². The van der Waals surface area contributed by atoms with Crippen LogP contribution in [-0.4, -0.2) is 146 Å². The molecule has 0 aromatic heterocycles. The monoisotopic (exact) mass is 514 g/mol. The van der Waals surface area contributed by atoms with E-state index in [0.29, 0.717) is 132 Å². The normalized spacial score (nSPS) is 11.5. The highest BCUT2D eigenvalue weighted by Crippen LogP contribution is 1.87. The van der Waals surface area contributed by atoms with Crippen LogP contribution in [0, 0.1) is 0 Å². The van der Waals surface area contributed by atoms with E-state index < -0.39 is 0 Å². The SMILES string of the molecule is CCCOCCOCCOCCOCCOCCOCCOCCOCCOCCOCCOC. The average molecular weight is 515 g/mol. The smallest absolute Gasteiger partial charge is 0.0701 e. The van der Waals surface area contributed by atoms with Gasteiger partial charge >= 0.3 is 0 Å². The molecular weight excluding hydrogens is 464 g/mol. The minimum absolute atomic E-state index is 0.527. The van der Waals surface area contributed by atoms with E-state index in [1.807, 2.05) is 0 Å². The van der Waals surface area contributed by atoms with Crippen molar-refractivity contribution in [3.63, 3.8) is 0 Å². The second-order valence-electron chi connectivity index (χ2n) is 7.12. The molecule has 11 nitrogen and oxygen atoms in total. The van der Waals surface area contributed by atoms with Crippen molar-refractivity contribution in [2.75, 3.05) is 146 Å². The Morgan fingerprint density at radius 2 is 0.429 bits per heavy atom. The first-order chi connectivity index (χ1) is 17.4. The van der Waals surface area contributed by atoms with Gasteiger partial charge in [0, 0.05) is 13.7 Å². The summed E-state index contributed by atoms with van der Waals surface area (Å²) >= 11 is 0. The van der Waals surface area contributed by atoms with E-state index in [1.165, 1.54) is 0 Å². The van der Waals surface area contributed by atoms with Gasteiger partial charge in [-0.15, -0.1) is 0 Å². The lowest BCUT2D eigenvalue weighted by molar-refractivity contribution is -0.0270. The van der Waals surface area contributed by atoms with Crippen LogP contribution in [0.1, 0.15) is 13.3 Å². The van der Waals surface area contributed by atoms with Gasteiger partial charge in [-0.3, -0.25) is 0 Å². The highest BCUT2D eigenvalue weighted by atomic mass is 16.6. The maximum atomic E-state index is 5.45. The fourth-order valence-corrected chi connectivity index (χ4v) is 2.37. The Balaban J connectivity index is 3.00. The maximum absolute atomic E-state index is 5.45. The topological polar surface area (TPSA) is 102 Å². The van der Waals surface area contributed by atoms with Crippen molar-refractivity contribution >= 4 is 0 Å². The van der Waals surface area contributed by atoms with E-state index in [2.05, 4.69) is 6.92 Å². The molecule has 0 aliphatic rings. The predicted molar refractivity (Wildman–Crippen MR) is 130 cm³/mol. The van der Waals surface area contributed by atoms with Gasteiger partial charge in [-0.25, -0.2) is 0 Å². The summed E-state index contributed by atoms with van der Waals surface area (Å²) in [5, 5.41) is 0. The van der Waals surface area contributed by atoms with E-state index in [4.69, 9.17) is 52.1 Å². The highest BCUT2D eigenvalue weighted by molar-refractivity contribution is 4.38. The summed E-state index contributed by atoms with van der Waals surface area (Å²) in [6.07, 6.45) is 1.03. The van der Waals surface area contributed by atoms with Crippen LogP contribution in [0.5, 0.6) is 0 Å². The van der Waals surface area contributed by atoms with Crippen molar-refractivity contribution < 1.29 is 52.1 Å². The average Bonchev–Trinajstić information content (AvgIpc) is 2.87. The van der Waals surface area contributed by atoms with Gasteiger partial charge in [0.25, 0.3) is 0 Å². The first kappa shape index (κ1) is 34.6. The number of hydrogen-bond donors (Lipinski definition) is 0. The fraction of sp³-hybridized carbons (Fsp3) is 1.00. The lowest BCUT2D eigenvalue weighted by atomic mass is 10.5. The van der Waals surface area contributed by atoms with Crippen LogP contribution in [0.4, 0.5) is 0 Å². The molecule has 212 valence electrons. The standard InChI is InChI=1S/C24H50O11/c1-3-4-26-7-8-28-11-12-30-15-16-32-19-20-34-23-24-35-22-21-33-18-17-31-14-13-29-10-9-27-6-5-25-2/h3-24H2,1-2H3. The van der Waals surface area contributed by atoms with Gasteiger partial charge in [0.1, 0.15) is 0 Å². The molecule has 0 aromatic carbocycles. The summed E-state index contributed by atoms with van der Waals surface area (Å²) in [5.74, 6) is 0. The Morgan fingerprint density at radius 3 is 0.600 bits per heavy atom. The third-order valence-corrected chi connectivity index (χ3v) is 4.13. The van der Waals surface area contributed by atoms with Crippen molar-refractivity contribution in [2.24, 2.45) is 0 Å². The Bertz CT molecular complexity index is 332. The van der Waals surface area contributed by atoms with Crippen molar-refractivity contribution in [3.8, 4) is 0 Å². The van der Waals surface area contributed by atoms with E-state index in [9.17, 15) is 0 Å². The molecule has 0 saturated heterocycles. The Labute approximate surface area is 211 Å². The van der Waals surface area contributed by atoms with E-state index >= 15 is 0 Å². The third kappa shape index (κ3) is 33.6. The summed E-state index contributed by atoms with van der Waals surface area (Å²) < 4.78 is 58.9. The molecule has 0 aliphatic heterocycles. The summed E-state index contributed by atoms with van der Waals surface area (Å²) in [5.41, 5.74) is 0. The van der Waals surface area contributed by atoms with Crippen LogP contribution >= 0.6 is 0 Å². The van der Waals surface area contributed by atoms with Gasteiger partial charge < -0.3 is 52.1 Å². The maximum Gasteiger partial charge on any atom is 0.0701 e. The summed E-state index contributed by atoms with van der Waals surface area (Å²) in [4.78, 5) is 0. The minimum atomic E-state index is 0.527. The molecular formula is C24H50O11. The highest BCUT2D eigenvalue weighted by Gasteiger charge is 1.95. The van der Waals surface area contributed by atoms with E-state index in [0.717, 1.165) is 13.0 Å². The zero-order chi connectivity index (χ0) is 25.3. The summed E-state index contributed by atoms with van der Waals surface area (Å²) in [7, 11) is 1.65. The van der Waals surface area contributed by atoms with Gasteiger partial charge in [0.2, 0.25) is 0 Å². The largest absolute Gasteiger partial charge is 0.382 e. The molecule has 0 aliphatic carbocycles. The Kier molecular flexibility index (Phi) is 33.1. The summed E-state index contributed by atoms with van der Waals surface area (Å²) in [6.45, 7) is 13.9. The molecule has 0 heterocycles. The molecule has 0 aromatic rings. The molecule has 0 bridgehead atoms. The third-order valence-electron chi connectivity index (χ3n) is 4.13. The Morgan fingerprint density at radius 1 is 0.257 bits per heavy atom. The van der Waals surface area contributed by atoms with Crippen LogP contribution in [0.3, 0.4) is 0 Å². The van der Waals surface area contributed by atoms with Crippen LogP contribution < -0.4 is 0 Å². The number of methoxy groups -OCH3 is 1. The zero-order valence-corrected chi connectivity index (χ0v) is 22.0. The van der Waals surface area contributed by atoms with Gasteiger partial charge in [-0.1, -0.05) is 6.92 Å². The molecule has 0 spiro atoms. The zero-order valence-electron chi connectivity index (χ0n) is 22.0. The molecule has 0 rings (SSSR count). The molecule has 0 atom stereocenters. The van der Waals surface area contributed by atoms with Crippen LogP contribution in [0.25, 0.3) is 0 Å². The number of hydrogen-bond acceptors (Lipinski definition) is 11. The van der Waals surface area contributed by atoms with E-state index in [1.54, 1.807) is 7.11 Å².